The molecule has 0 N–H and O–H groups in total. The number of para-hydroxylation sites is 4. The number of fused-ring (bicyclic) bond motifs is 6. The van der Waals surface area contributed by atoms with Gasteiger partial charge in [0.15, 0.2) is 11.2 Å². The molecule has 6 aromatic carbocycles. The topological polar surface area (TPSA) is 32.8 Å². The monoisotopic (exact) mass is 802 g/mol. The second-order valence-electron chi connectivity index (χ2n) is 17.6. The van der Waals surface area contributed by atoms with Crippen molar-refractivity contribution >= 4 is 66.6 Å². The molecule has 12 rings (SSSR count). The highest BCUT2D eigenvalue weighted by Gasteiger charge is 2.43. The van der Waals surface area contributed by atoms with Gasteiger partial charge < -0.3 is 18.6 Å². The van der Waals surface area contributed by atoms with Crippen molar-refractivity contribution in [2.45, 2.75) is 39.5 Å². The highest BCUT2D eigenvalue weighted by molar-refractivity contribution is 6.11. The Morgan fingerprint density at radius 3 is 1.53 bits per heavy atom. The van der Waals surface area contributed by atoms with Gasteiger partial charge in [0.1, 0.15) is 11.2 Å². The minimum absolute atomic E-state index is 0.106. The quantitative estimate of drug-likeness (QED) is 0.153. The fraction of sp³-hybridized carbons (Fsp3) is 0.138. The summed E-state index contributed by atoms with van der Waals surface area (Å²) in [5, 5.41) is 4.48. The molecule has 2 unspecified atom stereocenters. The lowest BCUT2D eigenvalue weighted by molar-refractivity contribution is 0.551. The zero-order valence-electron chi connectivity index (χ0n) is 35.3. The van der Waals surface area contributed by atoms with Crippen LogP contribution >= 0.6 is 0 Å². The highest BCUT2D eigenvalue weighted by Crippen LogP contribution is 2.55. The normalized spacial score (nSPS) is 17.8. The zero-order chi connectivity index (χ0) is 41.6. The van der Waals surface area contributed by atoms with Crippen LogP contribution in [0.5, 0.6) is 0 Å². The van der Waals surface area contributed by atoms with Crippen LogP contribution in [0.4, 0.5) is 22.7 Å². The summed E-state index contributed by atoms with van der Waals surface area (Å²) in [5.41, 5.74) is 18.0. The maximum atomic E-state index is 6.75. The molecule has 0 spiro atoms. The highest BCUT2D eigenvalue weighted by atomic mass is 16.3. The largest absolute Gasteiger partial charge is 0.454 e. The van der Waals surface area contributed by atoms with E-state index in [1.807, 2.05) is 12.1 Å². The molecule has 0 saturated carbocycles. The van der Waals surface area contributed by atoms with Crippen LogP contribution in [0.2, 0.25) is 0 Å². The molecule has 2 aromatic heterocycles. The molecule has 0 aliphatic heterocycles. The Bertz CT molecular complexity index is 3360. The smallest absolute Gasteiger partial charge is 0.159 e. The maximum absolute atomic E-state index is 6.75. The van der Waals surface area contributed by atoms with Crippen molar-refractivity contribution in [2.75, 3.05) is 9.80 Å². The molecule has 0 radical (unpaired) electrons. The van der Waals surface area contributed by atoms with Gasteiger partial charge in [0.2, 0.25) is 0 Å². The second kappa shape index (κ2) is 14.1. The van der Waals surface area contributed by atoms with E-state index in [0.717, 1.165) is 78.0 Å². The van der Waals surface area contributed by atoms with Crippen molar-refractivity contribution in [1.82, 2.24) is 0 Å². The van der Waals surface area contributed by atoms with E-state index < -0.39 is 0 Å². The SMILES string of the molecule is CC(C)c1ccc(N(C2=CC=C3C=CC4=C(N(c5ccc(C(C)C)cc5)c5cccc6c5oc5ccccc56)C=CC5=CC=C2C3C54)c2cccc3c2oc2ccccc23)cc1. The maximum Gasteiger partial charge on any atom is 0.159 e. The lowest BCUT2D eigenvalue weighted by atomic mass is 9.63. The van der Waals surface area contributed by atoms with Crippen LogP contribution in [-0.4, -0.2) is 0 Å². The standard InChI is InChI=1S/C58H46N2O2/c1-35(2)37-19-27-41(28-20-37)59(51-15-9-13-45-43-11-5-7-17-53(43)61-57(45)51)49-33-25-39-24-32-48-50(34-26-40-23-31-47(49)55(39)56(40)48)60(42-29-21-38(22-30-42)36(3)4)52-16-10-14-46-44-12-6-8-18-54(44)62-58(46)52/h5-36,55-56H,1-4H3. The number of hydrogen-bond donors (Lipinski definition) is 0. The number of furan rings is 2. The van der Waals surface area contributed by atoms with Gasteiger partial charge in [-0.1, -0.05) is 149 Å². The minimum atomic E-state index is 0.106. The summed E-state index contributed by atoms with van der Waals surface area (Å²) in [4.78, 5) is 4.86. The lowest BCUT2D eigenvalue weighted by Crippen LogP contribution is -2.35. The molecule has 4 aliphatic rings. The molecule has 2 heterocycles. The van der Waals surface area contributed by atoms with Gasteiger partial charge >= 0.3 is 0 Å². The van der Waals surface area contributed by atoms with E-state index in [2.05, 4.69) is 207 Å². The van der Waals surface area contributed by atoms with Crippen LogP contribution in [0.1, 0.15) is 50.7 Å². The molecule has 0 amide bonds. The van der Waals surface area contributed by atoms with Crippen molar-refractivity contribution in [3.63, 3.8) is 0 Å². The number of allylic oxidation sites excluding steroid dienone is 12. The molecule has 4 heteroatoms. The van der Waals surface area contributed by atoms with Crippen LogP contribution in [0.25, 0.3) is 43.9 Å². The van der Waals surface area contributed by atoms with Crippen molar-refractivity contribution < 1.29 is 8.83 Å². The molecule has 0 saturated heterocycles. The fourth-order valence-electron chi connectivity index (χ4n) is 10.3. The third-order valence-corrected chi connectivity index (χ3v) is 13.5. The Balaban J connectivity index is 1.03. The second-order valence-corrected chi connectivity index (χ2v) is 17.6. The average molecular weight is 803 g/mol. The summed E-state index contributed by atoms with van der Waals surface area (Å²) in [6.45, 7) is 9.01. The van der Waals surface area contributed by atoms with E-state index in [0.29, 0.717) is 11.8 Å². The summed E-state index contributed by atoms with van der Waals surface area (Å²) >= 11 is 0. The summed E-state index contributed by atoms with van der Waals surface area (Å²) in [6, 6.07) is 48.0. The van der Waals surface area contributed by atoms with E-state index in [-0.39, 0.29) is 11.8 Å². The third kappa shape index (κ3) is 5.59. The van der Waals surface area contributed by atoms with E-state index in [1.54, 1.807) is 0 Å². The van der Waals surface area contributed by atoms with Crippen LogP contribution < -0.4 is 9.80 Å². The van der Waals surface area contributed by atoms with Crippen molar-refractivity contribution in [2.24, 2.45) is 11.8 Å². The number of benzene rings is 6. The molecule has 2 atom stereocenters. The Hall–Kier alpha value is -7.30. The van der Waals surface area contributed by atoms with E-state index in [4.69, 9.17) is 8.83 Å². The van der Waals surface area contributed by atoms with Crippen LogP contribution in [-0.2, 0) is 0 Å². The summed E-state index contributed by atoms with van der Waals surface area (Å²) in [7, 11) is 0. The van der Waals surface area contributed by atoms with E-state index >= 15 is 0 Å². The Morgan fingerprint density at radius 2 is 0.935 bits per heavy atom. The first-order valence-corrected chi connectivity index (χ1v) is 22.0. The molecule has 300 valence electrons. The predicted molar refractivity (Wildman–Crippen MR) is 257 cm³/mol. The number of anilines is 4. The number of hydrogen-bond acceptors (Lipinski definition) is 4. The first-order chi connectivity index (χ1) is 30.4. The van der Waals surface area contributed by atoms with Crippen LogP contribution in [0, 0.1) is 11.8 Å². The molecule has 0 bridgehead atoms. The first kappa shape index (κ1) is 36.5. The first-order valence-electron chi connectivity index (χ1n) is 22.0. The van der Waals surface area contributed by atoms with Gasteiger partial charge in [0, 0.05) is 44.8 Å². The Labute approximate surface area is 362 Å². The molecule has 4 aliphatic carbocycles. The van der Waals surface area contributed by atoms with E-state index in [9.17, 15) is 0 Å². The number of rotatable bonds is 8. The number of nitrogens with zero attached hydrogens (tertiary/aromatic N) is 2. The van der Waals surface area contributed by atoms with Crippen LogP contribution in [0.3, 0.4) is 0 Å². The van der Waals surface area contributed by atoms with Gasteiger partial charge in [-0.05, 0) is 106 Å². The van der Waals surface area contributed by atoms with Gasteiger partial charge in [-0.25, -0.2) is 0 Å². The fourth-order valence-corrected chi connectivity index (χ4v) is 10.3. The van der Waals surface area contributed by atoms with Gasteiger partial charge in [0.05, 0.1) is 22.8 Å². The predicted octanol–water partition coefficient (Wildman–Crippen LogP) is 16.0. The van der Waals surface area contributed by atoms with Gasteiger partial charge in [-0.2, -0.15) is 0 Å². The van der Waals surface area contributed by atoms with Crippen molar-refractivity contribution in [3.8, 4) is 0 Å². The average Bonchev–Trinajstić information content (AvgIpc) is 3.89. The third-order valence-electron chi connectivity index (χ3n) is 13.5. The molecular weight excluding hydrogens is 757 g/mol. The van der Waals surface area contributed by atoms with Crippen LogP contribution in [0.15, 0.2) is 225 Å². The van der Waals surface area contributed by atoms with Crippen molar-refractivity contribution in [3.05, 3.63) is 227 Å². The minimum Gasteiger partial charge on any atom is -0.454 e. The lowest BCUT2D eigenvalue weighted by Gasteiger charge is -2.45. The Kier molecular flexibility index (Phi) is 8.33. The molecule has 62 heavy (non-hydrogen) atoms. The molecule has 0 fully saturated rings. The van der Waals surface area contributed by atoms with Gasteiger partial charge in [-0.15, -0.1) is 0 Å². The van der Waals surface area contributed by atoms with Gasteiger partial charge in [-0.3, -0.25) is 0 Å². The molecule has 8 aromatic rings. The molecular formula is C58H46N2O2. The zero-order valence-corrected chi connectivity index (χ0v) is 35.3. The van der Waals surface area contributed by atoms with E-state index in [1.165, 1.54) is 33.4 Å². The summed E-state index contributed by atoms with van der Waals surface area (Å²) < 4.78 is 13.5. The molecule has 4 nitrogen and oxygen atoms in total. The summed E-state index contributed by atoms with van der Waals surface area (Å²) in [5.74, 6) is 1.07. The summed E-state index contributed by atoms with van der Waals surface area (Å²) in [6.07, 6.45) is 18.8. The van der Waals surface area contributed by atoms with Gasteiger partial charge in [0.25, 0.3) is 0 Å². The van der Waals surface area contributed by atoms with Crippen molar-refractivity contribution in [1.29, 1.82) is 0 Å². The Morgan fingerprint density at radius 1 is 0.435 bits per heavy atom.